The minimum absolute atomic E-state index is 0.0817. The van der Waals surface area contributed by atoms with Crippen LogP contribution in [-0.4, -0.2) is 38.5 Å². The zero-order chi connectivity index (χ0) is 22.0. The molecule has 0 unspecified atom stereocenters. The third-order valence-electron chi connectivity index (χ3n) is 5.20. The molecule has 2 atom stereocenters. The highest BCUT2D eigenvalue weighted by molar-refractivity contribution is 5.99. The van der Waals surface area contributed by atoms with E-state index in [1.54, 1.807) is 18.2 Å². The number of hydrogen-bond acceptors (Lipinski definition) is 4. The molecule has 0 fully saturated rings. The van der Waals surface area contributed by atoms with Gasteiger partial charge in [-0.1, -0.05) is 54.6 Å². The van der Waals surface area contributed by atoms with Crippen LogP contribution in [0.3, 0.4) is 0 Å². The van der Waals surface area contributed by atoms with Gasteiger partial charge in [-0.2, -0.15) is 0 Å². The van der Waals surface area contributed by atoms with Gasteiger partial charge in [0, 0.05) is 28.9 Å². The van der Waals surface area contributed by atoms with Crippen LogP contribution in [0.1, 0.15) is 30.0 Å². The van der Waals surface area contributed by atoms with Gasteiger partial charge in [0.25, 0.3) is 0 Å². The quantitative estimate of drug-likeness (QED) is 0.474. The van der Waals surface area contributed by atoms with Crippen LogP contribution in [0.2, 0.25) is 0 Å². The maximum Gasteiger partial charge on any atom is 0.305 e. The normalized spacial score (nSPS) is 15.5. The van der Waals surface area contributed by atoms with Crippen molar-refractivity contribution in [3.05, 3.63) is 83.8 Å². The molecule has 3 N–H and O–H groups in total. The highest BCUT2D eigenvalue weighted by atomic mass is 19.1. The fourth-order valence-electron chi connectivity index (χ4n) is 3.68. The van der Waals surface area contributed by atoms with Crippen LogP contribution >= 0.6 is 0 Å². The molecule has 3 aromatic rings. The summed E-state index contributed by atoms with van der Waals surface area (Å²) in [5.41, 5.74) is 4.14. The first-order valence-corrected chi connectivity index (χ1v) is 10.1. The number of rotatable bonds is 8. The van der Waals surface area contributed by atoms with Gasteiger partial charge in [0.2, 0.25) is 0 Å². The van der Waals surface area contributed by atoms with Gasteiger partial charge in [0.1, 0.15) is 5.82 Å². The number of hydrogen-bond donors (Lipinski definition) is 3. The van der Waals surface area contributed by atoms with Crippen LogP contribution in [-0.2, 0) is 4.79 Å². The van der Waals surface area contributed by atoms with E-state index < -0.39 is 24.6 Å². The van der Waals surface area contributed by atoms with Crippen molar-refractivity contribution >= 4 is 22.9 Å². The van der Waals surface area contributed by atoms with Gasteiger partial charge in [-0.05, 0) is 23.8 Å². The van der Waals surface area contributed by atoms with E-state index in [0.29, 0.717) is 0 Å². The smallest absolute Gasteiger partial charge is 0.305 e. The summed E-state index contributed by atoms with van der Waals surface area (Å²) in [5.74, 6) is -1.37. The summed E-state index contributed by atoms with van der Waals surface area (Å²) < 4.78 is 13.6. The van der Waals surface area contributed by atoms with Gasteiger partial charge in [-0.25, -0.2) is 4.39 Å². The number of carboxylic acids is 1. The first-order valence-electron chi connectivity index (χ1n) is 10.1. The molecule has 0 aliphatic heterocycles. The molecule has 4 rings (SSSR count). The van der Waals surface area contributed by atoms with Gasteiger partial charge < -0.3 is 15.3 Å². The Balaban J connectivity index is 1.79. The first kappa shape index (κ1) is 20.9. The third-order valence-corrected chi connectivity index (χ3v) is 5.20. The Morgan fingerprint density at radius 3 is 2.48 bits per heavy atom. The molecular weight excluding hydrogens is 397 g/mol. The summed E-state index contributed by atoms with van der Waals surface area (Å²) in [6, 6.07) is 14.0. The van der Waals surface area contributed by atoms with E-state index in [1.165, 1.54) is 18.2 Å². The number of para-hydroxylation sites is 1. The Hall–Kier alpha value is -3.35. The molecule has 6 heteroatoms. The molecule has 1 heterocycles. The molecule has 0 bridgehead atoms. The SMILES string of the molecule is O=C(O)C[C@H](O)C[C@H](O)/C=C/c1c(C2C=C2)nc2ccccc2c1-c1ccc(F)cc1. The topological polar surface area (TPSA) is 90.7 Å². The van der Waals surface area contributed by atoms with Gasteiger partial charge in [0.05, 0.1) is 29.8 Å². The average molecular weight is 419 g/mol. The van der Waals surface area contributed by atoms with Gasteiger partial charge in [-0.15, -0.1) is 0 Å². The number of halogens is 1. The largest absolute Gasteiger partial charge is 0.481 e. The fourth-order valence-corrected chi connectivity index (χ4v) is 3.68. The molecule has 0 amide bonds. The van der Waals surface area contributed by atoms with E-state index in [1.807, 2.05) is 36.4 Å². The van der Waals surface area contributed by atoms with Gasteiger partial charge in [0.15, 0.2) is 0 Å². The lowest BCUT2D eigenvalue weighted by Gasteiger charge is -2.16. The van der Waals surface area contributed by atoms with Crippen LogP contribution in [0.25, 0.3) is 28.1 Å². The van der Waals surface area contributed by atoms with Crippen molar-refractivity contribution in [3.63, 3.8) is 0 Å². The maximum atomic E-state index is 13.6. The van der Waals surface area contributed by atoms with Gasteiger partial charge in [-0.3, -0.25) is 9.78 Å². The lowest BCUT2D eigenvalue weighted by Crippen LogP contribution is -2.19. The van der Waals surface area contributed by atoms with Gasteiger partial charge >= 0.3 is 5.97 Å². The lowest BCUT2D eigenvalue weighted by molar-refractivity contribution is -0.139. The molecule has 0 spiro atoms. The number of pyridine rings is 1. The number of benzene rings is 2. The van der Waals surface area contributed by atoms with Crippen LogP contribution in [0, 0.1) is 5.82 Å². The van der Waals surface area contributed by atoms with Crippen molar-refractivity contribution in [2.75, 3.05) is 0 Å². The van der Waals surface area contributed by atoms with Crippen molar-refractivity contribution in [1.29, 1.82) is 0 Å². The van der Waals surface area contributed by atoms with E-state index in [4.69, 9.17) is 10.1 Å². The second-order valence-electron chi connectivity index (χ2n) is 7.63. The van der Waals surface area contributed by atoms with Crippen molar-refractivity contribution in [1.82, 2.24) is 4.98 Å². The molecule has 0 radical (unpaired) electrons. The highest BCUT2D eigenvalue weighted by Crippen LogP contribution is 2.40. The minimum Gasteiger partial charge on any atom is -0.481 e. The average Bonchev–Trinajstić information content (AvgIpc) is 3.56. The van der Waals surface area contributed by atoms with E-state index in [-0.39, 0.29) is 18.2 Å². The van der Waals surface area contributed by atoms with Crippen molar-refractivity contribution in [2.24, 2.45) is 0 Å². The molecule has 1 aliphatic carbocycles. The second-order valence-corrected chi connectivity index (χ2v) is 7.63. The Labute approximate surface area is 178 Å². The number of allylic oxidation sites excluding steroid dienone is 2. The zero-order valence-corrected chi connectivity index (χ0v) is 16.6. The number of aliphatic carboxylic acids is 1. The van der Waals surface area contributed by atoms with Crippen LogP contribution in [0.15, 0.2) is 66.8 Å². The van der Waals surface area contributed by atoms with Crippen LogP contribution in [0.4, 0.5) is 4.39 Å². The van der Waals surface area contributed by atoms with E-state index >= 15 is 0 Å². The fraction of sp³-hybridized carbons (Fsp3) is 0.200. The number of aliphatic hydroxyl groups is 2. The summed E-state index contributed by atoms with van der Waals surface area (Å²) in [6.07, 6.45) is 4.65. The molecule has 0 saturated carbocycles. The maximum absolute atomic E-state index is 13.6. The van der Waals surface area contributed by atoms with E-state index in [2.05, 4.69) is 0 Å². The number of aliphatic hydroxyl groups excluding tert-OH is 2. The van der Waals surface area contributed by atoms with Crippen molar-refractivity contribution in [2.45, 2.75) is 31.0 Å². The monoisotopic (exact) mass is 419 g/mol. The molecule has 1 aliphatic rings. The number of carboxylic acid groups (broad SMARTS) is 1. The van der Waals surface area contributed by atoms with E-state index in [9.17, 15) is 19.4 Å². The lowest BCUT2D eigenvalue weighted by atomic mass is 9.92. The summed E-state index contributed by atoms with van der Waals surface area (Å²) in [6.45, 7) is 0. The number of carbonyl (C=O) groups is 1. The zero-order valence-electron chi connectivity index (χ0n) is 16.6. The minimum atomic E-state index is -1.15. The van der Waals surface area contributed by atoms with E-state index in [0.717, 1.165) is 33.3 Å². The Morgan fingerprint density at radius 2 is 1.81 bits per heavy atom. The Morgan fingerprint density at radius 1 is 1.10 bits per heavy atom. The number of fused-ring (bicyclic) bond motifs is 1. The first-order chi connectivity index (χ1) is 14.9. The molecule has 5 nitrogen and oxygen atoms in total. The molecule has 0 saturated heterocycles. The summed E-state index contributed by atoms with van der Waals surface area (Å²) >= 11 is 0. The second kappa shape index (κ2) is 8.79. The summed E-state index contributed by atoms with van der Waals surface area (Å²) in [7, 11) is 0. The summed E-state index contributed by atoms with van der Waals surface area (Å²) in [5, 5.41) is 29.8. The number of aromatic nitrogens is 1. The highest BCUT2D eigenvalue weighted by Gasteiger charge is 2.23. The number of nitrogens with zero attached hydrogens (tertiary/aromatic N) is 1. The molecule has 1 aromatic heterocycles. The van der Waals surface area contributed by atoms with Crippen molar-refractivity contribution in [3.8, 4) is 11.1 Å². The van der Waals surface area contributed by atoms with Crippen molar-refractivity contribution < 1.29 is 24.5 Å². The summed E-state index contributed by atoms with van der Waals surface area (Å²) in [4.78, 5) is 15.6. The molecule has 158 valence electrons. The van der Waals surface area contributed by atoms with Crippen LogP contribution < -0.4 is 0 Å². The standard InChI is InChI=1S/C25H22FNO4/c26-17-9-7-15(8-10-17)24-20-3-1-2-4-22(20)27-25(16-5-6-16)21(24)12-11-18(28)13-19(29)14-23(30)31/h1-12,16,18-19,28-29H,13-14H2,(H,30,31)/b12-11+/t18-,19-/m1/s1. The molecular formula is C25H22FNO4. The van der Waals surface area contributed by atoms with Crippen LogP contribution in [0.5, 0.6) is 0 Å². The third kappa shape index (κ3) is 4.87. The molecule has 2 aromatic carbocycles. The predicted octanol–water partition coefficient (Wildman–Crippen LogP) is 4.29. The molecule has 31 heavy (non-hydrogen) atoms. The Bertz CT molecular complexity index is 1160. The predicted molar refractivity (Wildman–Crippen MR) is 117 cm³/mol. The Kier molecular flexibility index (Phi) is 5.93.